The lowest BCUT2D eigenvalue weighted by atomic mass is 10.2. The zero-order chi connectivity index (χ0) is 16.2. The van der Waals surface area contributed by atoms with Crippen molar-refractivity contribution in [2.75, 3.05) is 43.4 Å². The van der Waals surface area contributed by atoms with Crippen LogP contribution >= 0.6 is 0 Å². The van der Waals surface area contributed by atoms with Crippen LogP contribution in [0.4, 0.5) is 5.95 Å². The smallest absolute Gasteiger partial charge is 0.245 e. The van der Waals surface area contributed by atoms with E-state index in [1.54, 1.807) is 0 Å². The number of anilines is 1. The molecule has 1 fully saturated rings. The Morgan fingerprint density at radius 3 is 2.23 bits per heavy atom. The number of sulfonamides is 1. The minimum Gasteiger partial charge on any atom is -0.337 e. The van der Waals surface area contributed by atoms with Crippen molar-refractivity contribution in [3.05, 3.63) is 11.4 Å². The lowest BCUT2D eigenvalue weighted by Gasteiger charge is -2.34. The number of hydrogen-bond donors (Lipinski definition) is 1. The Labute approximate surface area is 131 Å². The molecule has 9 heteroatoms. The van der Waals surface area contributed by atoms with Crippen molar-refractivity contribution in [3.8, 4) is 0 Å². The molecule has 0 spiro atoms. The Hall–Kier alpha value is -1.32. The fraction of sp³-hybridized carbons (Fsp3) is 0.769. The van der Waals surface area contributed by atoms with Gasteiger partial charge >= 0.3 is 0 Å². The maximum absolute atomic E-state index is 11.0. The minimum absolute atomic E-state index is 0.00373. The van der Waals surface area contributed by atoms with Gasteiger partial charge in [0.2, 0.25) is 16.0 Å². The first-order valence-corrected chi connectivity index (χ1v) is 9.34. The van der Waals surface area contributed by atoms with Crippen molar-refractivity contribution in [2.24, 2.45) is 5.14 Å². The van der Waals surface area contributed by atoms with Gasteiger partial charge in [0.15, 0.2) is 0 Å². The summed E-state index contributed by atoms with van der Waals surface area (Å²) in [6, 6.07) is 0. The van der Waals surface area contributed by atoms with E-state index in [1.807, 2.05) is 0 Å². The zero-order valence-electron chi connectivity index (χ0n) is 13.2. The molecule has 1 aliphatic heterocycles. The van der Waals surface area contributed by atoms with Crippen LogP contribution in [0.3, 0.4) is 0 Å². The Kier molecular flexibility index (Phi) is 5.65. The summed E-state index contributed by atoms with van der Waals surface area (Å²) in [5, 5.41) is 13.5. The molecular weight excluding hydrogens is 304 g/mol. The minimum atomic E-state index is -3.40. The van der Waals surface area contributed by atoms with E-state index in [2.05, 4.69) is 38.8 Å². The van der Waals surface area contributed by atoms with E-state index < -0.39 is 10.0 Å². The summed E-state index contributed by atoms with van der Waals surface area (Å²) < 4.78 is 22.0. The van der Waals surface area contributed by atoms with Crippen LogP contribution in [0.1, 0.15) is 25.2 Å². The molecule has 1 aliphatic rings. The van der Waals surface area contributed by atoms with Crippen LogP contribution in [-0.2, 0) is 22.9 Å². The summed E-state index contributed by atoms with van der Waals surface area (Å²) in [5.74, 6) is 0.663. The molecule has 2 heterocycles. The molecule has 0 amide bonds. The lowest BCUT2D eigenvalue weighted by molar-refractivity contribution is 0.270. The number of nitrogens with two attached hydrogens (primary N) is 1. The highest BCUT2D eigenvalue weighted by Gasteiger charge is 2.21. The summed E-state index contributed by atoms with van der Waals surface area (Å²) in [7, 11) is -3.40. The van der Waals surface area contributed by atoms with Gasteiger partial charge in [-0.1, -0.05) is 13.8 Å². The first-order chi connectivity index (χ1) is 10.4. The Balaban J connectivity index is 1.94. The molecule has 1 aromatic rings. The maximum Gasteiger partial charge on any atom is 0.245 e. The van der Waals surface area contributed by atoms with E-state index in [1.165, 1.54) is 0 Å². The quantitative estimate of drug-likeness (QED) is 0.744. The molecule has 0 aromatic carbocycles. The summed E-state index contributed by atoms with van der Waals surface area (Å²) in [4.78, 5) is 8.80. The molecule has 0 unspecified atom stereocenters. The third kappa shape index (κ3) is 4.59. The topological polar surface area (TPSA) is 105 Å². The molecule has 124 valence electrons. The molecule has 0 radical (unpaired) electrons. The molecule has 8 nitrogen and oxygen atoms in total. The van der Waals surface area contributed by atoms with Crippen molar-refractivity contribution in [1.82, 2.24) is 20.1 Å². The van der Waals surface area contributed by atoms with Gasteiger partial charge in [0.05, 0.1) is 17.1 Å². The van der Waals surface area contributed by atoms with E-state index >= 15 is 0 Å². The average molecular weight is 328 g/mol. The molecule has 0 bridgehead atoms. The molecule has 0 aliphatic carbocycles. The van der Waals surface area contributed by atoms with Gasteiger partial charge < -0.3 is 4.90 Å². The van der Waals surface area contributed by atoms with E-state index in [4.69, 9.17) is 5.14 Å². The second-order valence-electron chi connectivity index (χ2n) is 5.41. The van der Waals surface area contributed by atoms with Crippen LogP contribution in [0.25, 0.3) is 0 Å². The van der Waals surface area contributed by atoms with Crippen LogP contribution in [0.5, 0.6) is 0 Å². The number of hydrogen-bond acceptors (Lipinski definition) is 7. The summed E-state index contributed by atoms with van der Waals surface area (Å²) in [6.45, 7) is 7.67. The monoisotopic (exact) mass is 328 g/mol. The number of primary sulfonamides is 1. The number of nitrogens with zero attached hydrogens (tertiary/aromatic N) is 5. The van der Waals surface area contributed by atoms with Crippen LogP contribution in [0.2, 0.25) is 0 Å². The number of rotatable bonds is 6. The predicted molar refractivity (Wildman–Crippen MR) is 85.2 cm³/mol. The SMILES string of the molecule is CCc1nnc(N2CCN(CCS(N)(=O)=O)CC2)nc1CC. The van der Waals surface area contributed by atoms with Crippen molar-refractivity contribution >= 4 is 16.0 Å². The summed E-state index contributed by atoms with van der Waals surface area (Å²) >= 11 is 0. The number of piperazine rings is 1. The highest BCUT2D eigenvalue weighted by molar-refractivity contribution is 7.89. The van der Waals surface area contributed by atoms with Crippen LogP contribution in [-0.4, -0.2) is 67.0 Å². The molecule has 0 saturated carbocycles. The second-order valence-corrected chi connectivity index (χ2v) is 7.14. The van der Waals surface area contributed by atoms with Crippen LogP contribution < -0.4 is 10.0 Å². The average Bonchev–Trinajstić information content (AvgIpc) is 2.52. The van der Waals surface area contributed by atoms with Gasteiger partial charge in [-0.3, -0.25) is 4.90 Å². The van der Waals surface area contributed by atoms with Gasteiger partial charge in [-0.15, -0.1) is 5.10 Å². The van der Waals surface area contributed by atoms with Gasteiger partial charge in [0.25, 0.3) is 0 Å². The first-order valence-electron chi connectivity index (χ1n) is 7.63. The largest absolute Gasteiger partial charge is 0.337 e. The molecule has 22 heavy (non-hydrogen) atoms. The fourth-order valence-electron chi connectivity index (χ4n) is 2.49. The molecular formula is C13H24N6O2S. The highest BCUT2D eigenvalue weighted by atomic mass is 32.2. The first kappa shape index (κ1) is 17.0. The Morgan fingerprint density at radius 2 is 1.68 bits per heavy atom. The van der Waals surface area contributed by atoms with E-state index in [-0.39, 0.29) is 5.75 Å². The predicted octanol–water partition coefficient (Wildman–Crippen LogP) is -0.593. The van der Waals surface area contributed by atoms with E-state index in [9.17, 15) is 8.42 Å². The van der Waals surface area contributed by atoms with Gasteiger partial charge in [-0.05, 0) is 12.8 Å². The van der Waals surface area contributed by atoms with Crippen molar-refractivity contribution in [3.63, 3.8) is 0 Å². The van der Waals surface area contributed by atoms with Gasteiger partial charge in [0, 0.05) is 32.7 Å². The highest BCUT2D eigenvalue weighted by Crippen LogP contribution is 2.13. The van der Waals surface area contributed by atoms with E-state index in [0.717, 1.165) is 50.4 Å². The van der Waals surface area contributed by atoms with Crippen molar-refractivity contribution in [2.45, 2.75) is 26.7 Å². The normalized spacial score (nSPS) is 17.0. The van der Waals surface area contributed by atoms with Gasteiger partial charge in [-0.25, -0.2) is 18.5 Å². The third-order valence-corrected chi connectivity index (χ3v) is 4.60. The molecule has 1 aromatic heterocycles. The molecule has 1 saturated heterocycles. The maximum atomic E-state index is 11.0. The van der Waals surface area contributed by atoms with Crippen molar-refractivity contribution in [1.29, 1.82) is 0 Å². The third-order valence-electron chi connectivity index (χ3n) is 3.85. The summed E-state index contributed by atoms with van der Waals surface area (Å²) in [5.41, 5.74) is 1.96. The van der Waals surface area contributed by atoms with Gasteiger partial charge in [-0.2, -0.15) is 5.10 Å². The second kappa shape index (κ2) is 7.30. The molecule has 0 atom stereocenters. The molecule has 2 N–H and O–H groups in total. The van der Waals surface area contributed by atoms with Gasteiger partial charge in [0.1, 0.15) is 0 Å². The Bertz CT molecular complexity index is 599. The Morgan fingerprint density at radius 1 is 1.05 bits per heavy atom. The fourth-order valence-corrected chi connectivity index (χ4v) is 3.00. The van der Waals surface area contributed by atoms with Crippen LogP contribution in [0, 0.1) is 0 Å². The summed E-state index contributed by atoms with van der Waals surface area (Å²) in [6.07, 6.45) is 1.69. The van der Waals surface area contributed by atoms with Crippen LogP contribution in [0.15, 0.2) is 0 Å². The van der Waals surface area contributed by atoms with E-state index in [0.29, 0.717) is 12.5 Å². The zero-order valence-corrected chi connectivity index (χ0v) is 14.0. The molecule has 2 rings (SSSR count). The lowest BCUT2D eigenvalue weighted by Crippen LogP contribution is -2.48. The number of aryl methyl sites for hydroxylation is 2. The van der Waals surface area contributed by atoms with Crippen molar-refractivity contribution < 1.29 is 8.42 Å². The number of aromatic nitrogens is 3. The standard InChI is InChI=1S/C13H24N6O2S/c1-3-11-12(4-2)16-17-13(15-11)19-7-5-18(6-8-19)9-10-22(14,20)21/h3-10H2,1-2H3,(H2,14,20,21).